The summed E-state index contributed by atoms with van der Waals surface area (Å²) >= 11 is 0. The van der Waals surface area contributed by atoms with E-state index in [2.05, 4.69) is 30.9 Å². The fourth-order valence-electron chi connectivity index (χ4n) is 2.66. The second-order valence-electron chi connectivity index (χ2n) is 5.71. The summed E-state index contributed by atoms with van der Waals surface area (Å²) in [7, 11) is 1.68. The van der Waals surface area contributed by atoms with E-state index in [0.717, 1.165) is 25.1 Å². The van der Waals surface area contributed by atoms with Gasteiger partial charge in [0.15, 0.2) is 0 Å². The number of aliphatic hydroxyl groups excluding tert-OH is 1. The summed E-state index contributed by atoms with van der Waals surface area (Å²) in [5.74, 6) is 1.27. The van der Waals surface area contributed by atoms with E-state index in [1.165, 1.54) is 5.69 Å². The van der Waals surface area contributed by atoms with Crippen molar-refractivity contribution < 1.29 is 9.84 Å². The van der Waals surface area contributed by atoms with Crippen molar-refractivity contribution in [1.29, 1.82) is 0 Å². The number of ether oxygens (including phenoxy) is 1. The third-order valence-electron chi connectivity index (χ3n) is 3.98. The standard InChI is InChI=1S/C15H23NO2/c1-15(2)9-8-12(11-17)10-16(15)13-4-6-14(18-3)7-5-13/h4-7,12,17H,8-11H2,1-3H3. The second-order valence-corrected chi connectivity index (χ2v) is 5.71. The molecule has 0 aliphatic carbocycles. The Kier molecular flexibility index (Phi) is 3.81. The van der Waals surface area contributed by atoms with Crippen molar-refractivity contribution >= 4 is 5.69 Å². The minimum absolute atomic E-state index is 0.153. The Morgan fingerprint density at radius 1 is 1.33 bits per heavy atom. The van der Waals surface area contributed by atoms with Crippen LogP contribution in [0.2, 0.25) is 0 Å². The molecule has 1 unspecified atom stereocenters. The molecular weight excluding hydrogens is 226 g/mol. The average molecular weight is 249 g/mol. The van der Waals surface area contributed by atoms with Crippen LogP contribution in [0.25, 0.3) is 0 Å². The first-order chi connectivity index (χ1) is 8.56. The molecule has 1 atom stereocenters. The summed E-state index contributed by atoms with van der Waals surface area (Å²) in [4.78, 5) is 2.40. The summed E-state index contributed by atoms with van der Waals surface area (Å²) in [6.45, 7) is 5.74. The molecule has 0 amide bonds. The highest BCUT2D eigenvalue weighted by Gasteiger charge is 2.33. The molecule has 18 heavy (non-hydrogen) atoms. The van der Waals surface area contributed by atoms with Gasteiger partial charge >= 0.3 is 0 Å². The Morgan fingerprint density at radius 2 is 2.00 bits per heavy atom. The zero-order chi connectivity index (χ0) is 13.2. The number of piperidine rings is 1. The molecule has 1 aromatic rings. The minimum Gasteiger partial charge on any atom is -0.497 e. The Labute approximate surface area is 109 Å². The topological polar surface area (TPSA) is 32.7 Å². The Hall–Kier alpha value is -1.22. The van der Waals surface area contributed by atoms with E-state index in [-0.39, 0.29) is 12.1 Å². The van der Waals surface area contributed by atoms with E-state index in [1.807, 2.05) is 12.1 Å². The average Bonchev–Trinajstić information content (AvgIpc) is 2.39. The molecular formula is C15H23NO2. The maximum Gasteiger partial charge on any atom is 0.119 e. The van der Waals surface area contributed by atoms with Crippen LogP contribution in [0.3, 0.4) is 0 Å². The van der Waals surface area contributed by atoms with Gasteiger partial charge in [-0.2, -0.15) is 0 Å². The number of rotatable bonds is 3. The number of hydrogen-bond acceptors (Lipinski definition) is 3. The van der Waals surface area contributed by atoms with Crippen LogP contribution in [-0.4, -0.2) is 30.9 Å². The normalized spacial score (nSPS) is 22.9. The number of anilines is 1. The molecule has 3 nitrogen and oxygen atoms in total. The van der Waals surface area contributed by atoms with E-state index in [4.69, 9.17) is 4.74 Å². The summed E-state index contributed by atoms with van der Waals surface area (Å²) in [5, 5.41) is 9.36. The summed E-state index contributed by atoms with van der Waals surface area (Å²) in [5.41, 5.74) is 1.36. The molecule has 0 radical (unpaired) electrons. The van der Waals surface area contributed by atoms with Crippen molar-refractivity contribution in [2.75, 3.05) is 25.2 Å². The van der Waals surface area contributed by atoms with Crippen LogP contribution in [0.1, 0.15) is 26.7 Å². The van der Waals surface area contributed by atoms with E-state index in [9.17, 15) is 5.11 Å². The quantitative estimate of drug-likeness (QED) is 0.894. The lowest BCUT2D eigenvalue weighted by molar-refractivity contribution is 0.181. The monoisotopic (exact) mass is 249 g/mol. The largest absolute Gasteiger partial charge is 0.497 e. The number of aliphatic hydroxyl groups is 1. The fraction of sp³-hybridized carbons (Fsp3) is 0.600. The molecule has 3 heteroatoms. The second kappa shape index (κ2) is 5.19. The lowest BCUT2D eigenvalue weighted by Crippen LogP contribution is -2.51. The van der Waals surface area contributed by atoms with Crippen LogP contribution >= 0.6 is 0 Å². The molecule has 1 heterocycles. The molecule has 1 aliphatic heterocycles. The first-order valence-electron chi connectivity index (χ1n) is 6.59. The van der Waals surface area contributed by atoms with Crippen LogP contribution in [0.5, 0.6) is 5.75 Å². The molecule has 100 valence electrons. The van der Waals surface area contributed by atoms with Gasteiger partial charge < -0.3 is 14.7 Å². The third kappa shape index (κ3) is 2.61. The Bertz CT molecular complexity index is 386. The summed E-state index contributed by atoms with van der Waals surface area (Å²) < 4.78 is 5.19. The SMILES string of the molecule is COc1ccc(N2CC(CO)CCC2(C)C)cc1. The van der Waals surface area contributed by atoms with Crippen molar-refractivity contribution in [1.82, 2.24) is 0 Å². The van der Waals surface area contributed by atoms with Crippen LogP contribution in [0.15, 0.2) is 24.3 Å². The molecule has 0 aromatic heterocycles. The minimum atomic E-state index is 0.153. The lowest BCUT2D eigenvalue weighted by atomic mass is 9.84. The molecule has 0 saturated carbocycles. The summed E-state index contributed by atoms with van der Waals surface area (Å²) in [6.07, 6.45) is 2.22. The van der Waals surface area contributed by atoms with Crippen molar-refractivity contribution in [3.05, 3.63) is 24.3 Å². The van der Waals surface area contributed by atoms with Gasteiger partial charge in [0, 0.05) is 24.4 Å². The van der Waals surface area contributed by atoms with Gasteiger partial charge in [-0.05, 0) is 56.9 Å². The van der Waals surface area contributed by atoms with Crippen LogP contribution in [0, 0.1) is 5.92 Å². The third-order valence-corrected chi connectivity index (χ3v) is 3.98. The number of benzene rings is 1. The van der Waals surface area contributed by atoms with Gasteiger partial charge in [-0.25, -0.2) is 0 Å². The maximum absolute atomic E-state index is 9.36. The Morgan fingerprint density at radius 3 is 2.56 bits per heavy atom. The molecule has 1 saturated heterocycles. The number of nitrogens with zero attached hydrogens (tertiary/aromatic N) is 1. The number of methoxy groups -OCH3 is 1. The molecule has 2 rings (SSSR count). The first kappa shape index (κ1) is 13.2. The molecule has 0 bridgehead atoms. The molecule has 1 fully saturated rings. The van der Waals surface area contributed by atoms with E-state index in [1.54, 1.807) is 7.11 Å². The van der Waals surface area contributed by atoms with Gasteiger partial charge in [0.05, 0.1) is 7.11 Å². The first-order valence-corrected chi connectivity index (χ1v) is 6.59. The zero-order valence-electron chi connectivity index (χ0n) is 11.5. The predicted octanol–water partition coefficient (Wildman–Crippen LogP) is 2.68. The van der Waals surface area contributed by atoms with Gasteiger partial charge in [-0.15, -0.1) is 0 Å². The van der Waals surface area contributed by atoms with Gasteiger partial charge in [0.25, 0.3) is 0 Å². The van der Waals surface area contributed by atoms with E-state index in [0.29, 0.717) is 5.92 Å². The molecule has 1 aromatic carbocycles. The highest BCUT2D eigenvalue weighted by molar-refractivity contribution is 5.51. The maximum atomic E-state index is 9.36. The zero-order valence-corrected chi connectivity index (χ0v) is 11.5. The predicted molar refractivity (Wildman–Crippen MR) is 74.2 cm³/mol. The van der Waals surface area contributed by atoms with Crippen LogP contribution in [0.4, 0.5) is 5.69 Å². The summed E-state index contributed by atoms with van der Waals surface area (Å²) in [6, 6.07) is 8.18. The molecule has 0 spiro atoms. The van der Waals surface area contributed by atoms with Crippen molar-refractivity contribution in [3.63, 3.8) is 0 Å². The van der Waals surface area contributed by atoms with E-state index >= 15 is 0 Å². The van der Waals surface area contributed by atoms with Crippen LogP contribution in [-0.2, 0) is 0 Å². The van der Waals surface area contributed by atoms with Gasteiger partial charge in [0.2, 0.25) is 0 Å². The Balaban J connectivity index is 2.21. The van der Waals surface area contributed by atoms with Crippen molar-refractivity contribution in [3.8, 4) is 5.75 Å². The molecule has 1 N–H and O–H groups in total. The molecule has 1 aliphatic rings. The number of hydrogen-bond donors (Lipinski definition) is 1. The lowest BCUT2D eigenvalue weighted by Gasteiger charge is -2.47. The fourth-order valence-corrected chi connectivity index (χ4v) is 2.66. The van der Waals surface area contributed by atoms with Gasteiger partial charge in [0.1, 0.15) is 5.75 Å². The highest BCUT2D eigenvalue weighted by Crippen LogP contribution is 2.35. The van der Waals surface area contributed by atoms with Gasteiger partial charge in [-0.3, -0.25) is 0 Å². The van der Waals surface area contributed by atoms with E-state index < -0.39 is 0 Å². The highest BCUT2D eigenvalue weighted by atomic mass is 16.5. The van der Waals surface area contributed by atoms with Crippen LogP contribution < -0.4 is 9.64 Å². The van der Waals surface area contributed by atoms with Crippen molar-refractivity contribution in [2.45, 2.75) is 32.2 Å². The smallest absolute Gasteiger partial charge is 0.119 e. The van der Waals surface area contributed by atoms with Gasteiger partial charge in [-0.1, -0.05) is 0 Å². The van der Waals surface area contributed by atoms with Crippen molar-refractivity contribution in [2.24, 2.45) is 5.92 Å².